The van der Waals surface area contributed by atoms with E-state index in [4.69, 9.17) is 10.7 Å². The third-order valence-electron chi connectivity index (χ3n) is 7.06. The molecular weight excluding hydrogens is 438 g/mol. The summed E-state index contributed by atoms with van der Waals surface area (Å²) >= 11 is 0. The van der Waals surface area contributed by atoms with Crippen molar-refractivity contribution in [3.05, 3.63) is 59.7 Å². The molecule has 2 aromatic rings. The van der Waals surface area contributed by atoms with Gasteiger partial charge in [-0.25, -0.2) is 4.79 Å². The van der Waals surface area contributed by atoms with E-state index in [2.05, 4.69) is 19.2 Å². The number of nitrogens with zero attached hydrogens (tertiary/aromatic N) is 3. The smallest absolute Gasteiger partial charge is 0.321 e. The predicted octanol–water partition coefficient (Wildman–Crippen LogP) is 4.62. The summed E-state index contributed by atoms with van der Waals surface area (Å²) < 4.78 is 0. The molecule has 186 valence electrons. The topological polar surface area (TPSA) is 91.0 Å². The third-order valence-corrected chi connectivity index (χ3v) is 7.06. The van der Waals surface area contributed by atoms with E-state index >= 15 is 0 Å². The van der Waals surface area contributed by atoms with E-state index in [1.165, 1.54) is 4.90 Å². The molecule has 4 rings (SSSR count). The van der Waals surface area contributed by atoms with E-state index in [0.29, 0.717) is 12.2 Å². The molecule has 2 aliphatic rings. The van der Waals surface area contributed by atoms with Crippen molar-refractivity contribution in [1.29, 1.82) is 0 Å². The Morgan fingerprint density at radius 3 is 2.69 bits per heavy atom. The largest absolute Gasteiger partial charge is 0.351 e. The van der Waals surface area contributed by atoms with Crippen LogP contribution >= 0.6 is 0 Å². The van der Waals surface area contributed by atoms with Crippen LogP contribution < -0.4 is 20.9 Å². The molecule has 2 aliphatic heterocycles. The second kappa shape index (κ2) is 10.2. The molecule has 35 heavy (non-hydrogen) atoms. The zero-order valence-corrected chi connectivity index (χ0v) is 21.3. The Morgan fingerprint density at radius 1 is 1.20 bits per heavy atom. The van der Waals surface area contributed by atoms with Gasteiger partial charge in [0.2, 0.25) is 6.17 Å². The van der Waals surface area contributed by atoms with Gasteiger partial charge in [-0.1, -0.05) is 51.1 Å². The second-order valence-electron chi connectivity index (χ2n) is 10.4. The number of para-hydroxylation sites is 1. The molecule has 2 heterocycles. The first-order valence-electron chi connectivity index (χ1n) is 12.6. The monoisotopic (exact) mass is 475 g/mol. The van der Waals surface area contributed by atoms with Crippen LogP contribution in [-0.4, -0.2) is 42.9 Å². The number of benzene rings is 2. The van der Waals surface area contributed by atoms with Crippen LogP contribution in [0.2, 0.25) is 0 Å². The minimum atomic E-state index is -1.08. The van der Waals surface area contributed by atoms with Gasteiger partial charge < -0.3 is 16.0 Å². The number of rotatable bonds is 5. The summed E-state index contributed by atoms with van der Waals surface area (Å²) in [7, 11) is 0. The summed E-state index contributed by atoms with van der Waals surface area (Å²) in [6, 6.07) is 14.7. The van der Waals surface area contributed by atoms with Crippen LogP contribution in [-0.2, 0) is 4.79 Å². The first-order chi connectivity index (χ1) is 16.7. The predicted molar refractivity (Wildman–Crippen MR) is 142 cm³/mol. The van der Waals surface area contributed by atoms with Gasteiger partial charge in [0.15, 0.2) is 0 Å². The number of anilines is 2. The zero-order valence-electron chi connectivity index (χ0n) is 21.3. The fraction of sp³-hybridized carbons (Fsp3) is 0.464. The molecule has 0 bridgehead atoms. The van der Waals surface area contributed by atoms with E-state index < -0.39 is 12.2 Å². The number of hydrogen-bond acceptors (Lipinski definition) is 4. The lowest BCUT2D eigenvalue weighted by molar-refractivity contribution is -0.119. The van der Waals surface area contributed by atoms with Crippen LogP contribution in [0.4, 0.5) is 16.2 Å². The SMILES string of the molecule is CCCN1C(=O)C(N(C(N)=O)c2cccc(C)c2)N=C(C2CCC(C)(C)CCN2)c2ccccc21. The van der Waals surface area contributed by atoms with Gasteiger partial charge in [0.05, 0.1) is 11.4 Å². The van der Waals surface area contributed by atoms with E-state index in [-0.39, 0.29) is 17.4 Å². The van der Waals surface area contributed by atoms with Crippen LogP contribution in [0.5, 0.6) is 0 Å². The van der Waals surface area contributed by atoms with Crippen LogP contribution in [0, 0.1) is 12.3 Å². The molecule has 2 atom stereocenters. The number of benzodiazepines with no additional fused rings is 1. The number of amides is 3. The van der Waals surface area contributed by atoms with Gasteiger partial charge in [0.25, 0.3) is 5.91 Å². The number of primary amides is 1. The summed E-state index contributed by atoms with van der Waals surface area (Å²) in [5.74, 6) is -0.247. The summed E-state index contributed by atoms with van der Waals surface area (Å²) in [6.07, 6.45) is 2.70. The molecule has 2 unspecified atom stereocenters. The Hall–Kier alpha value is -3.19. The molecule has 3 N–H and O–H groups in total. The fourth-order valence-corrected chi connectivity index (χ4v) is 5.09. The molecule has 0 saturated carbocycles. The third kappa shape index (κ3) is 5.25. The van der Waals surface area contributed by atoms with Crippen molar-refractivity contribution in [2.75, 3.05) is 22.9 Å². The maximum Gasteiger partial charge on any atom is 0.321 e. The van der Waals surface area contributed by atoms with Gasteiger partial charge in [-0.15, -0.1) is 0 Å². The van der Waals surface area contributed by atoms with Gasteiger partial charge in [-0.05, 0) is 68.3 Å². The van der Waals surface area contributed by atoms with Gasteiger partial charge in [-0.3, -0.25) is 14.7 Å². The summed E-state index contributed by atoms with van der Waals surface area (Å²) in [5, 5.41) is 3.68. The summed E-state index contributed by atoms with van der Waals surface area (Å²) in [6.45, 7) is 9.97. The molecule has 0 spiro atoms. The molecule has 1 saturated heterocycles. The molecular formula is C28H37N5O2. The van der Waals surface area contributed by atoms with E-state index in [9.17, 15) is 9.59 Å². The number of nitrogens with two attached hydrogens (primary N) is 1. The Morgan fingerprint density at radius 2 is 1.97 bits per heavy atom. The minimum absolute atomic E-state index is 0.0259. The number of aryl methyl sites for hydroxylation is 1. The maximum atomic E-state index is 14.1. The molecule has 0 aromatic heterocycles. The first-order valence-corrected chi connectivity index (χ1v) is 12.6. The first kappa shape index (κ1) is 24.9. The van der Waals surface area contributed by atoms with Crippen molar-refractivity contribution < 1.29 is 9.59 Å². The molecule has 0 radical (unpaired) electrons. The van der Waals surface area contributed by atoms with Gasteiger partial charge in [0.1, 0.15) is 0 Å². The molecule has 1 fully saturated rings. The zero-order chi connectivity index (χ0) is 25.2. The molecule has 3 amide bonds. The quantitative estimate of drug-likeness (QED) is 0.661. The number of hydrogen-bond donors (Lipinski definition) is 2. The van der Waals surface area contributed by atoms with Crippen molar-refractivity contribution in [1.82, 2.24) is 5.32 Å². The van der Waals surface area contributed by atoms with Crippen LogP contribution in [0.1, 0.15) is 57.6 Å². The van der Waals surface area contributed by atoms with Gasteiger partial charge >= 0.3 is 6.03 Å². The van der Waals surface area contributed by atoms with Crippen molar-refractivity contribution in [3.8, 4) is 0 Å². The van der Waals surface area contributed by atoms with Crippen LogP contribution in [0.25, 0.3) is 0 Å². The molecule has 7 heteroatoms. The molecule has 7 nitrogen and oxygen atoms in total. The Bertz CT molecular complexity index is 1130. The van der Waals surface area contributed by atoms with Crippen molar-refractivity contribution in [2.24, 2.45) is 16.1 Å². The van der Waals surface area contributed by atoms with Crippen molar-refractivity contribution >= 4 is 29.0 Å². The number of aliphatic imine (C=N–C) groups is 1. The Labute approximate surface area is 208 Å². The minimum Gasteiger partial charge on any atom is -0.351 e. The van der Waals surface area contributed by atoms with E-state index in [0.717, 1.165) is 54.8 Å². The van der Waals surface area contributed by atoms with E-state index in [1.54, 1.807) is 11.0 Å². The maximum absolute atomic E-state index is 14.1. The van der Waals surface area contributed by atoms with Gasteiger partial charge in [-0.2, -0.15) is 0 Å². The Balaban J connectivity index is 1.89. The number of fused-ring (bicyclic) bond motifs is 1. The average Bonchev–Trinajstić information content (AvgIpc) is 3.06. The molecule has 0 aliphatic carbocycles. The second-order valence-corrected chi connectivity index (χ2v) is 10.4. The van der Waals surface area contributed by atoms with Crippen molar-refractivity contribution in [3.63, 3.8) is 0 Å². The van der Waals surface area contributed by atoms with Crippen LogP contribution in [0.15, 0.2) is 53.5 Å². The number of nitrogens with one attached hydrogen (secondary N) is 1. The van der Waals surface area contributed by atoms with Gasteiger partial charge in [0, 0.05) is 23.8 Å². The number of carbonyl (C=O) groups is 2. The van der Waals surface area contributed by atoms with Crippen molar-refractivity contribution in [2.45, 2.75) is 65.6 Å². The van der Waals surface area contributed by atoms with E-state index in [1.807, 2.05) is 56.3 Å². The average molecular weight is 476 g/mol. The Kier molecular flexibility index (Phi) is 7.26. The fourth-order valence-electron chi connectivity index (χ4n) is 5.09. The number of urea groups is 1. The standard InChI is InChI=1S/C28H37N5O2/c1-5-17-32-23-12-7-6-11-21(23)24(22-13-14-28(3,4)15-16-30-22)31-25(26(32)34)33(27(29)35)20-10-8-9-19(2)18-20/h6-12,18,22,25,30H,5,13-17H2,1-4H3,(H2,29,35). The van der Waals surface area contributed by atoms with Crippen LogP contribution in [0.3, 0.4) is 0 Å². The molecule has 2 aromatic carbocycles. The lowest BCUT2D eigenvalue weighted by Crippen LogP contribution is -2.52. The summed E-state index contributed by atoms with van der Waals surface area (Å²) in [4.78, 5) is 35.0. The highest BCUT2D eigenvalue weighted by molar-refractivity contribution is 6.16. The normalized spacial score (nSPS) is 22.0. The highest BCUT2D eigenvalue weighted by Crippen LogP contribution is 2.34. The highest BCUT2D eigenvalue weighted by Gasteiger charge is 2.39. The lowest BCUT2D eigenvalue weighted by Gasteiger charge is -2.30. The number of carbonyl (C=O) groups excluding carboxylic acids is 2. The lowest BCUT2D eigenvalue weighted by atomic mass is 9.84. The summed E-state index contributed by atoms with van der Waals surface area (Å²) in [5.41, 5.74) is 10.3. The highest BCUT2D eigenvalue weighted by atomic mass is 16.2.